The molecule has 5 nitrogen and oxygen atoms in total. The van der Waals surface area contributed by atoms with Crippen molar-refractivity contribution >= 4 is 17.6 Å². The Bertz CT molecular complexity index is 336. The second kappa shape index (κ2) is 6.28. The quantitative estimate of drug-likeness (QED) is 0.663. The van der Waals surface area contributed by atoms with Gasteiger partial charge in [0.2, 0.25) is 0 Å². The molecule has 0 bridgehead atoms. The van der Waals surface area contributed by atoms with Crippen molar-refractivity contribution in [2.75, 3.05) is 37.0 Å². The lowest BCUT2D eigenvalue weighted by molar-refractivity contribution is 0.321. The monoisotopic (exact) mass is 255 g/mol. The highest BCUT2D eigenvalue weighted by atomic mass is 32.2. The number of thioether (sulfide) groups is 1. The summed E-state index contributed by atoms with van der Waals surface area (Å²) in [4.78, 5) is 0. The number of anilines is 1. The van der Waals surface area contributed by atoms with Gasteiger partial charge >= 0.3 is 0 Å². The maximum absolute atomic E-state index is 6.03. The Hall–Kier alpha value is -0.720. The molecule has 0 spiro atoms. The zero-order valence-corrected chi connectivity index (χ0v) is 11.0. The van der Waals surface area contributed by atoms with Gasteiger partial charge in [-0.05, 0) is 18.4 Å². The first kappa shape index (κ1) is 12.7. The van der Waals surface area contributed by atoms with Crippen LogP contribution in [0.25, 0.3) is 0 Å². The lowest BCUT2D eigenvalue weighted by Crippen LogP contribution is -2.44. The van der Waals surface area contributed by atoms with Crippen LogP contribution in [0.5, 0.6) is 0 Å². The first-order chi connectivity index (χ1) is 8.31. The van der Waals surface area contributed by atoms with Crippen molar-refractivity contribution < 1.29 is 0 Å². The zero-order valence-electron chi connectivity index (χ0n) is 10.2. The Kier molecular flexibility index (Phi) is 4.70. The fourth-order valence-corrected chi connectivity index (χ4v) is 2.34. The van der Waals surface area contributed by atoms with E-state index in [0.29, 0.717) is 6.04 Å². The second-order valence-corrected chi connectivity index (χ2v) is 5.38. The van der Waals surface area contributed by atoms with Gasteiger partial charge in [0.15, 0.2) is 0 Å². The van der Waals surface area contributed by atoms with E-state index in [9.17, 15) is 0 Å². The van der Waals surface area contributed by atoms with Crippen LogP contribution in [-0.4, -0.2) is 47.5 Å². The Morgan fingerprint density at radius 2 is 2.53 bits per heavy atom. The third-order valence-corrected chi connectivity index (χ3v) is 3.66. The van der Waals surface area contributed by atoms with E-state index >= 15 is 0 Å². The minimum absolute atomic E-state index is 0.213. The predicted octanol–water partition coefficient (Wildman–Crippen LogP) is 0.520. The fourth-order valence-electron chi connectivity index (χ4n) is 1.80. The molecule has 1 saturated heterocycles. The van der Waals surface area contributed by atoms with Crippen molar-refractivity contribution in [2.24, 2.45) is 5.73 Å². The summed E-state index contributed by atoms with van der Waals surface area (Å²) in [7, 11) is 0. The number of nitrogens with zero attached hydrogens (tertiary/aromatic N) is 2. The van der Waals surface area contributed by atoms with Gasteiger partial charge < -0.3 is 16.4 Å². The van der Waals surface area contributed by atoms with Crippen molar-refractivity contribution in [3.05, 3.63) is 12.3 Å². The van der Waals surface area contributed by atoms with Gasteiger partial charge in [0, 0.05) is 31.7 Å². The minimum Gasteiger partial charge on any atom is -0.369 e. The molecule has 4 N–H and O–H groups in total. The molecular weight excluding hydrogens is 234 g/mol. The van der Waals surface area contributed by atoms with Crippen LogP contribution in [0.15, 0.2) is 12.3 Å². The predicted molar refractivity (Wildman–Crippen MR) is 73.6 cm³/mol. The van der Waals surface area contributed by atoms with Gasteiger partial charge in [-0.1, -0.05) is 0 Å². The minimum atomic E-state index is 0.213. The number of rotatable bonds is 7. The highest BCUT2D eigenvalue weighted by molar-refractivity contribution is 7.98. The largest absolute Gasteiger partial charge is 0.369 e. The van der Waals surface area contributed by atoms with Crippen LogP contribution in [0.3, 0.4) is 0 Å². The summed E-state index contributed by atoms with van der Waals surface area (Å²) in [6.45, 7) is 2.83. The summed E-state index contributed by atoms with van der Waals surface area (Å²) in [5.74, 6) is 2.20. The van der Waals surface area contributed by atoms with Gasteiger partial charge in [-0.3, -0.25) is 0 Å². The third kappa shape index (κ3) is 3.37. The van der Waals surface area contributed by atoms with Gasteiger partial charge in [0.25, 0.3) is 0 Å². The van der Waals surface area contributed by atoms with Crippen LogP contribution in [0.1, 0.15) is 12.5 Å². The Labute approximate surface area is 107 Å². The molecule has 1 unspecified atom stereocenters. The van der Waals surface area contributed by atoms with Crippen molar-refractivity contribution in [3.63, 3.8) is 0 Å². The highest BCUT2D eigenvalue weighted by Gasteiger charge is 2.21. The van der Waals surface area contributed by atoms with Gasteiger partial charge in [-0.15, -0.1) is 0 Å². The number of hydrogen-bond acceptors (Lipinski definition) is 5. The Balaban J connectivity index is 1.80. The normalized spacial score (nSPS) is 17.8. The number of nitrogens with two attached hydrogens (primary N) is 1. The maximum atomic E-state index is 6.03. The smallest absolute Gasteiger partial charge is 0.124 e. The van der Waals surface area contributed by atoms with Crippen molar-refractivity contribution in [2.45, 2.75) is 18.5 Å². The number of hydrogen-bond donors (Lipinski definition) is 3. The van der Waals surface area contributed by atoms with Crippen molar-refractivity contribution in [3.8, 4) is 0 Å². The second-order valence-electron chi connectivity index (χ2n) is 4.40. The Morgan fingerprint density at radius 3 is 3.18 bits per heavy atom. The zero-order chi connectivity index (χ0) is 12.1. The molecule has 2 rings (SSSR count). The molecule has 0 aliphatic carbocycles. The van der Waals surface area contributed by atoms with E-state index in [1.807, 2.05) is 24.0 Å². The van der Waals surface area contributed by atoms with Crippen LogP contribution in [-0.2, 0) is 0 Å². The first-order valence-corrected chi connectivity index (χ1v) is 7.43. The summed E-state index contributed by atoms with van der Waals surface area (Å²) < 4.78 is 2.05. The number of nitrogens with one attached hydrogen (secondary N) is 2. The molecule has 2 heterocycles. The topological polar surface area (TPSA) is 67.9 Å². The molecule has 1 aliphatic heterocycles. The highest BCUT2D eigenvalue weighted by Crippen LogP contribution is 2.17. The lowest BCUT2D eigenvalue weighted by atomic mass is 10.2. The molecular formula is C11H21N5S. The van der Waals surface area contributed by atoms with Crippen LogP contribution >= 0.6 is 11.8 Å². The molecule has 6 heteroatoms. The van der Waals surface area contributed by atoms with E-state index in [1.165, 1.54) is 0 Å². The van der Waals surface area contributed by atoms with Crippen molar-refractivity contribution in [1.29, 1.82) is 0 Å². The van der Waals surface area contributed by atoms with E-state index in [0.717, 1.165) is 37.6 Å². The maximum Gasteiger partial charge on any atom is 0.124 e. The Morgan fingerprint density at radius 1 is 1.71 bits per heavy atom. The SMILES string of the molecule is CSCCC(N)CNc1ccnn1C1CNC1. The van der Waals surface area contributed by atoms with E-state index in [1.54, 1.807) is 0 Å². The van der Waals surface area contributed by atoms with E-state index < -0.39 is 0 Å². The van der Waals surface area contributed by atoms with Crippen molar-refractivity contribution in [1.82, 2.24) is 15.1 Å². The molecule has 1 aromatic heterocycles. The van der Waals surface area contributed by atoms with E-state index in [4.69, 9.17) is 5.73 Å². The molecule has 0 amide bonds. The van der Waals surface area contributed by atoms with E-state index in [-0.39, 0.29) is 6.04 Å². The lowest BCUT2D eigenvalue weighted by Gasteiger charge is -2.29. The molecule has 1 atom stereocenters. The van der Waals surface area contributed by atoms with Crippen LogP contribution < -0.4 is 16.4 Å². The summed E-state index contributed by atoms with van der Waals surface area (Å²) in [5, 5.41) is 11.0. The van der Waals surface area contributed by atoms with Gasteiger partial charge in [-0.2, -0.15) is 16.9 Å². The molecule has 17 heavy (non-hydrogen) atoms. The fraction of sp³-hybridized carbons (Fsp3) is 0.727. The van der Waals surface area contributed by atoms with Gasteiger partial charge in [-0.25, -0.2) is 4.68 Å². The molecule has 96 valence electrons. The van der Waals surface area contributed by atoms with Crippen LogP contribution in [0, 0.1) is 0 Å². The molecule has 0 radical (unpaired) electrons. The molecule has 1 fully saturated rings. The summed E-state index contributed by atoms with van der Waals surface area (Å²) >= 11 is 1.84. The molecule has 1 aliphatic rings. The first-order valence-electron chi connectivity index (χ1n) is 6.04. The molecule has 0 saturated carbocycles. The average Bonchev–Trinajstić information content (AvgIpc) is 2.69. The summed E-state index contributed by atoms with van der Waals surface area (Å²) in [6.07, 6.45) is 5.00. The molecule has 0 aromatic carbocycles. The summed E-state index contributed by atoms with van der Waals surface area (Å²) in [6, 6.07) is 2.72. The van der Waals surface area contributed by atoms with Gasteiger partial charge in [0.1, 0.15) is 5.82 Å². The van der Waals surface area contributed by atoms with E-state index in [2.05, 4.69) is 26.7 Å². The standard InChI is InChI=1S/C11H21N5S/c1-17-5-3-9(12)6-14-11-2-4-15-16(11)10-7-13-8-10/h2,4,9-10,13-14H,3,5-8,12H2,1H3. The van der Waals surface area contributed by atoms with Crippen LogP contribution in [0.4, 0.5) is 5.82 Å². The molecule has 1 aromatic rings. The average molecular weight is 255 g/mol. The number of aromatic nitrogens is 2. The van der Waals surface area contributed by atoms with Crippen LogP contribution in [0.2, 0.25) is 0 Å². The summed E-state index contributed by atoms with van der Waals surface area (Å²) in [5.41, 5.74) is 6.03. The third-order valence-electron chi connectivity index (χ3n) is 3.01. The van der Waals surface area contributed by atoms with Gasteiger partial charge in [0.05, 0.1) is 12.2 Å².